The summed E-state index contributed by atoms with van der Waals surface area (Å²) in [7, 11) is 0. The molecule has 0 spiro atoms. The van der Waals surface area contributed by atoms with Crippen molar-refractivity contribution in [2.75, 3.05) is 5.32 Å². The number of nitrogens with one attached hydrogen (secondary N) is 1. The van der Waals surface area contributed by atoms with Gasteiger partial charge in [-0.05, 0) is 48.5 Å². The van der Waals surface area contributed by atoms with Gasteiger partial charge in [-0.15, -0.1) is 0 Å². The van der Waals surface area contributed by atoms with Gasteiger partial charge >= 0.3 is 6.18 Å². The van der Waals surface area contributed by atoms with E-state index in [2.05, 4.69) is 15.3 Å². The second-order valence-electron chi connectivity index (χ2n) is 5.95. The quantitative estimate of drug-likeness (QED) is 0.531. The summed E-state index contributed by atoms with van der Waals surface area (Å²) in [6.07, 6.45) is -3.65. The van der Waals surface area contributed by atoms with Crippen LogP contribution in [0.5, 0.6) is 0 Å². The molecule has 1 N–H and O–H groups in total. The minimum atomic E-state index is -4.55. The third-order valence-electron chi connectivity index (χ3n) is 4.00. The van der Waals surface area contributed by atoms with Crippen LogP contribution in [0.3, 0.4) is 0 Å². The van der Waals surface area contributed by atoms with Crippen LogP contribution in [0.15, 0.2) is 71.3 Å². The number of aromatic nitrogens is 2. The molecule has 28 heavy (non-hydrogen) atoms. The largest absolute Gasteiger partial charge is 0.436 e. The maximum Gasteiger partial charge on any atom is 0.433 e. The number of halogens is 3. The van der Waals surface area contributed by atoms with Gasteiger partial charge in [0.1, 0.15) is 11.2 Å². The highest BCUT2D eigenvalue weighted by Gasteiger charge is 2.32. The van der Waals surface area contributed by atoms with Crippen molar-refractivity contribution >= 4 is 22.7 Å². The molecule has 0 aliphatic carbocycles. The van der Waals surface area contributed by atoms with Crippen LogP contribution in [0.4, 0.5) is 18.9 Å². The zero-order valence-electron chi connectivity index (χ0n) is 14.2. The third-order valence-corrected chi connectivity index (χ3v) is 4.00. The van der Waals surface area contributed by atoms with Gasteiger partial charge in [0.2, 0.25) is 5.89 Å². The lowest BCUT2D eigenvalue weighted by molar-refractivity contribution is -0.141. The Hall–Kier alpha value is -3.68. The van der Waals surface area contributed by atoms with E-state index in [9.17, 15) is 18.0 Å². The van der Waals surface area contributed by atoms with Crippen LogP contribution in [-0.4, -0.2) is 15.9 Å². The molecule has 5 nitrogen and oxygen atoms in total. The Balaban J connectivity index is 1.49. The van der Waals surface area contributed by atoms with Crippen molar-refractivity contribution in [2.45, 2.75) is 6.18 Å². The third kappa shape index (κ3) is 3.57. The van der Waals surface area contributed by atoms with Gasteiger partial charge in [-0.1, -0.05) is 12.1 Å². The number of pyridine rings is 1. The molecule has 0 unspecified atom stereocenters. The van der Waals surface area contributed by atoms with Crippen LogP contribution in [0, 0.1) is 0 Å². The fourth-order valence-electron chi connectivity index (χ4n) is 2.59. The second-order valence-corrected chi connectivity index (χ2v) is 5.95. The van der Waals surface area contributed by atoms with Crippen molar-refractivity contribution in [2.24, 2.45) is 0 Å². The van der Waals surface area contributed by atoms with E-state index in [1.807, 2.05) is 24.3 Å². The van der Waals surface area contributed by atoms with Gasteiger partial charge in [-0.25, -0.2) is 4.98 Å². The first-order valence-electron chi connectivity index (χ1n) is 8.21. The Morgan fingerprint density at radius 1 is 0.964 bits per heavy atom. The molecule has 2 aromatic heterocycles. The van der Waals surface area contributed by atoms with Gasteiger partial charge in [-0.3, -0.25) is 9.78 Å². The molecule has 140 valence electrons. The summed E-state index contributed by atoms with van der Waals surface area (Å²) in [5.41, 5.74) is 1.59. The van der Waals surface area contributed by atoms with E-state index in [0.717, 1.165) is 29.4 Å². The minimum absolute atomic E-state index is 0.0241. The van der Waals surface area contributed by atoms with Crippen LogP contribution >= 0.6 is 0 Å². The van der Waals surface area contributed by atoms with E-state index in [4.69, 9.17) is 4.42 Å². The number of hydrogen-bond donors (Lipinski definition) is 1. The lowest BCUT2D eigenvalue weighted by Gasteiger charge is -2.08. The summed E-state index contributed by atoms with van der Waals surface area (Å²) in [5, 5.41) is 2.61. The number of benzene rings is 2. The lowest BCUT2D eigenvalue weighted by Crippen LogP contribution is -2.14. The Labute approximate surface area is 156 Å². The van der Waals surface area contributed by atoms with E-state index in [1.54, 1.807) is 24.3 Å². The number of carbonyl (C=O) groups excluding carboxylic acids is 1. The predicted molar refractivity (Wildman–Crippen MR) is 96.6 cm³/mol. The van der Waals surface area contributed by atoms with Crippen LogP contribution in [0.25, 0.3) is 22.6 Å². The number of alkyl halides is 3. The van der Waals surface area contributed by atoms with E-state index in [-0.39, 0.29) is 5.56 Å². The smallest absolute Gasteiger partial charge is 0.433 e. The molecule has 4 rings (SSSR count). The number of amides is 1. The molecular formula is C20H12F3N3O2. The number of anilines is 1. The minimum Gasteiger partial charge on any atom is -0.436 e. The summed E-state index contributed by atoms with van der Waals surface area (Å²) in [5.74, 6) is -0.109. The number of para-hydroxylation sites is 2. The first kappa shape index (κ1) is 17.7. The topological polar surface area (TPSA) is 68.0 Å². The van der Waals surface area contributed by atoms with E-state index < -0.39 is 17.8 Å². The number of carbonyl (C=O) groups is 1. The van der Waals surface area contributed by atoms with Gasteiger partial charge in [0.05, 0.1) is 5.56 Å². The number of fused-ring (bicyclic) bond motifs is 1. The molecule has 2 aromatic carbocycles. The molecule has 0 radical (unpaired) electrons. The monoisotopic (exact) mass is 383 g/mol. The summed E-state index contributed by atoms with van der Waals surface area (Å²) in [6.45, 7) is 0. The zero-order chi connectivity index (χ0) is 19.7. The maximum absolute atomic E-state index is 12.5. The molecule has 0 saturated heterocycles. The summed E-state index contributed by atoms with van der Waals surface area (Å²) < 4.78 is 43.3. The van der Waals surface area contributed by atoms with Crippen molar-refractivity contribution in [3.05, 3.63) is 78.1 Å². The fraction of sp³-hybridized carbons (Fsp3) is 0.0500. The molecule has 0 bridgehead atoms. The second kappa shape index (κ2) is 6.80. The fourth-order valence-corrected chi connectivity index (χ4v) is 2.59. The van der Waals surface area contributed by atoms with Crippen molar-refractivity contribution in [3.8, 4) is 11.5 Å². The number of nitrogens with zero attached hydrogens (tertiary/aromatic N) is 2. The van der Waals surface area contributed by atoms with Gasteiger partial charge in [0, 0.05) is 17.4 Å². The number of rotatable bonds is 3. The Bertz CT molecular complexity index is 1100. The Morgan fingerprint density at radius 2 is 1.71 bits per heavy atom. The molecule has 0 atom stereocenters. The molecule has 2 heterocycles. The summed E-state index contributed by atoms with van der Waals surface area (Å²) in [6, 6.07) is 16.0. The van der Waals surface area contributed by atoms with Gasteiger partial charge in [0.15, 0.2) is 5.58 Å². The zero-order valence-corrected chi connectivity index (χ0v) is 14.2. The SMILES string of the molecule is O=C(Nc1ccc(-c2nc3ccccc3o2)cc1)c1ccc(C(F)(F)F)nc1. The van der Waals surface area contributed by atoms with Crippen molar-refractivity contribution < 1.29 is 22.4 Å². The molecular weight excluding hydrogens is 371 g/mol. The molecule has 8 heteroatoms. The van der Waals surface area contributed by atoms with Crippen LogP contribution in [0.1, 0.15) is 16.1 Å². The molecule has 0 fully saturated rings. The molecule has 4 aromatic rings. The Morgan fingerprint density at radius 3 is 2.36 bits per heavy atom. The first-order chi connectivity index (χ1) is 13.4. The maximum atomic E-state index is 12.5. The summed E-state index contributed by atoms with van der Waals surface area (Å²) >= 11 is 0. The molecule has 0 aliphatic heterocycles. The molecule has 0 aliphatic rings. The van der Waals surface area contributed by atoms with Crippen molar-refractivity contribution in [3.63, 3.8) is 0 Å². The van der Waals surface area contributed by atoms with Crippen LogP contribution in [-0.2, 0) is 6.18 Å². The van der Waals surface area contributed by atoms with E-state index in [0.29, 0.717) is 17.2 Å². The van der Waals surface area contributed by atoms with Gasteiger partial charge < -0.3 is 9.73 Å². The average molecular weight is 383 g/mol. The van der Waals surface area contributed by atoms with E-state index >= 15 is 0 Å². The normalized spacial score (nSPS) is 11.5. The number of oxazole rings is 1. The first-order valence-corrected chi connectivity index (χ1v) is 8.21. The highest BCUT2D eigenvalue weighted by molar-refractivity contribution is 6.04. The van der Waals surface area contributed by atoms with E-state index in [1.165, 1.54) is 0 Å². The highest BCUT2D eigenvalue weighted by atomic mass is 19.4. The average Bonchev–Trinajstić information content (AvgIpc) is 3.12. The van der Waals surface area contributed by atoms with Gasteiger partial charge in [-0.2, -0.15) is 13.2 Å². The summed E-state index contributed by atoms with van der Waals surface area (Å²) in [4.78, 5) is 19.9. The van der Waals surface area contributed by atoms with Crippen LogP contribution < -0.4 is 5.32 Å². The standard InChI is InChI=1S/C20H12F3N3O2/c21-20(22,23)17-10-7-13(11-24-17)18(27)25-14-8-5-12(6-9-14)19-26-15-3-1-2-4-16(15)28-19/h1-11H,(H,25,27). The van der Waals surface area contributed by atoms with Gasteiger partial charge in [0.25, 0.3) is 5.91 Å². The highest BCUT2D eigenvalue weighted by Crippen LogP contribution is 2.28. The van der Waals surface area contributed by atoms with Crippen LogP contribution in [0.2, 0.25) is 0 Å². The molecule has 0 saturated carbocycles. The predicted octanol–water partition coefficient (Wildman–Crippen LogP) is 5.16. The molecule has 1 amide bonds. The van der Waals surface area contributed by atoms with Crippen molar-refractivity contribution in [1.29, 1.82) is 0 Å². The van der Waals surface area contributed by atoms with Crippen molar-refractivity contribution in [1.82, 2.24) is 9.97 Å². The lowest BCUT2D eigenvalue weighted by atomic mass is 10.2. The Kier molecular flexibility index (Phi) is 4.31. The number of hydrogen-bond acceptors (Lipinski definition) is 4.